The Bertz CT molecular complexity index is 476. The maximum atomic E-state index is 4.26. The summed E-state index contributed by atoms with van der Waals surface area (Å²) in [5.41, 5.74) is 0. The van der Waals surface area contributed by atoms with Crippen molar-refractivity contribution in [2.75, 3.05) is 6.26 Å². The normalized spacial score (nSPS) is 11.3. The minimum Gasteiger partial charge on any atom is -0.195 e. The first kappa shape index (κ1) is 10.8. The van der Waals surface area contributed by atoms with Crippen LogP contribution in [0.3, 0.4) is 0 Å². The number of hydrogen-bond acceptors (Lipinski definition) is 5. The van der Waals surface area contributed by atoms with Crippen LogP contribution < -0.4 is 0 Å². The Labute approximate surface area is 104 Å². The van der Waals surface area contributed by atoms with Gasteiger partial charge in [-0.3, -0.25) is 0 Å². The number of rotatable bonds is 3. The second-order valence-corrected chi connectivity index (χ2v) is 5.21. The molecule has 0 saturated heterocycles. The zero-order valence-corrected chi connectivity index (χ0v) is 11.0. The average molecular weight is 303 g/mol. The molecular formula is C8H7BrN4S2. The zero-order valence-electron chi connectivity index (χ0n) is 7.79. The van der Waals surface area contributed by atoms with Crippen LogP contribution in [0.1, 0.15) is 4.88 Å². The predicted octanol–water partition coefficient (Wildman–Crippen LogP) is 2.71. The number of thiophene rings is 1. The molecule has 0 spiro atoms. The van der Waals surface area contributed by atoms with Crippen molar-refractivity contribution in [1.82, 2.24) is 14.9 Å². The molecule has 2 rings (SSSR count). The Morgan fingerprint density at radius 2 is 2.53 bits per heavy atom. The molecule has 0 N–H and O–H groups in total. The molecule has 0 atom stereocenters. The van der Waals surface area contributed by atoms with Gasteiger partial charge in [-0.25, -0.2) is 0 Å². The maximum Gasteiger partial charge on any atom is 0.211 e. The molecule has 78 valence electrons. The van der Waals surface area contributed by atoms with Crippen molar-refractivity contribution < 1.29 is 0 Å². The van der Waals surface area contributed by atoms with Crippen LogP contribution in [-0.4, -0.2) is 27.3 Å². The van der Waals surface area contributed by atoms with Crippen molar-refractivity contribution in [3.8, 4) is 0 Å². The van der Waals surface area contributed by atoms with Gasteiger partial charge in [-0.15, -0.1) is 21.5 Å². The third-order valence-electron chi connectivity index (χ3n) is 1.58. The van der Waals surface area contributed by atoms with E-state index in [2.05, 4.69) is 31.2 Å². The van der Waals surface area contributed by atoms with Crippen molar-refractivity contribution in [2.24, 2.45) is 5.10 Å². The van der Waals surface area contributed by atoms with Crippen LogP contribution in [0, 0.1) is 0 Å². The summed E-state index contributed by atoms with van der Waals surface area (Å²) in [5.74, 6) is 0. The van der Waals surface area contributed by atoms with Gasteiger partial charge in [-0.05, 0) is 28.3 Å². The van der Waals surface area contributed by atoms with Gasteiger partial charge in [0.1, 0.15) is 6.33 Å². The molecule has 0 fully saturated rings. The van der Waals surface area contributed by atoms with E-state index in [1.54, 1.807) is 28.6 Å². The number of thioether (sulfide) groups is 1. The Kier molecular flexibility index (Phi) is 3.55. The molecule has 0 unspecified atom stereocenters. The van der Waals surface area contributed by atoms with Gasteiger partial charge in [0.15, 0.2) is 0 Å². The quantitative estimate of drug-likeness (QED) is 0.647. The fourth-order valence-corrected chi connectivity index (χ4v) is 2.66. The summed E-state index contributed by atoms with van der Waals surface area (Å²) in [6.07, 6.45) is 5.32. The SMILES string of the molecule is CSc1nncn1/N=C/c1cc(Br)cs1. The van der Waals surface area contributed by atoms with E-state index >= 15 is 0 Å². The van der Waals surface area contributed by atoms with Crippen molar-refractivity contribution >= 4 is 45.2 Å². The summed E-state index contributed by atoms with van der Waals surface area (Å²) in [6, 6.07) is 2.01. The highest BCUT2D eigenvalue weighted by atomic mass is 79.9. The molecule has 0 amide bonds. The minimum atomic E-state index is 0.780. The van der Waals surface area contributed by atoms with E-state index in [1.165, 1.54) is 11.8 Å². The topological polar surface area (TPSA) is 43.1 Å². The Morgan fingerprint density at radius 3 is 3.20 bits per heavy atom. The third-order valence-corrected chi connectivity index (χ3v) is 3.84. The highest BCUT2D eigenvalue weighted by Gasteiger charge is 1.99. The second-order valence-electron chi connectivity index (χ2n) is 2.57. The van der Waals surface area contributed by atoms with Crippen molar-refractivity contribution in [2.45, 2.75) is 5.16 Å². The molecule has 0 bridgehead atoms. The van der Waals surface area contributed by atoms with Gasteiger partial charge in [-0.2, -0.15) is 9.78 Å². The standard InChI is InChI=1S/C8H7BrN4S2/c1-14-8-12-10-5-13(8)11-3-7-2-6(9)4-15-7/h2-5H,1H3/b11-3+. The number of hydrogen-bond donors (Lipinski definition) is 0. The number of aromatic nitrogens is 3. The van der Waals surface area contributed by atoms with Crippen LogP contribution in [-0.2, 0) is 0 Å². The van der Waals surface area contributed by atoms with Gasteiger partial charge < -0.3 is 0 Å². The summed E-state index contributed by atoms with van der Waals surface area (Å²) < 4.78 is 2.72. The molecule has 0 aliphatic carbocycles. The third kappa shape index (κ3) is 2.67. The fourth-order valence-electron chi connectivity index (χ4n) is 0.948. The maximum absolute atomic E-state index is 4.26. The Morgan fingerprint density at radius 1 is 1.67 bits per heavy atom. The predicted molar refractivity (Wildman–Crippen MR) is 66.8 cm³/mol. The fraction of sp³-hybridized carbons (Fsp3) is 0.125. The van der Waals surface area contributed by atoms with Gasteiger partial charge in [-0.1, -0.05) is 11.8 Å². The van der Waals surface area contributed by atoms with Crippen LogP contribution in [0.15, 0.2) is 32.5 Å². The second kappa shape index (κ2) is 4.91. The van der Waals surface area contributed by atoms with E-state index < -0.39 is 0 Å². The minimum absolute atomic E-state index is 0.780. The molecule has 0 aromatic carbocycles. The van der Waals surface area contributed by atoms with Crippen LogP contribution in [0.2, 0.25) is 0 Å². The molecule has 4 nitrogen and oxygen atoms in total. The van der Waals surface area contributed by atoms with Crippen LogP contribution in [0.4, 0.5) is 0 Å². The highest BCUT2D eigenvalue weighted by molar-refractivity contribution is 9.10. The van der Waals surface area contributed by atoms with E-state index in [1.807, 2.05) is 17.7 Å². The smallest absolute Gasteiger partial charge is 0.195 e. The van der Waals surface area contributed by atoms with Gasteiger partial charge in [0.25, 0.3) is 0 Å². The molecule has 0 aliphatic heterocycles. The molecule has 2 heterocycles. The summed E-state index contributed by atoms with van der Waals surface area (Å²) in [6.45, 7) is 0. The molecule has 0 saturated carbocycles. The highest BCUT2D eigenvalue weighted by Crippen LogP contribution is 2.18. The lowest BCUT2D eigenvalue weighted by Crippen LogP contribution is -1.89. The van der Waals surface area contributed by atoms with Gasteiger partial charge in [0.2, 0.25) is 5.16 Å². The van der Waals surface area contributed by atoms with Crippen LogP contribution >= 0.6 is 39.0 Å². The van der Waals surface area contributed by atoms with E-state index in [4.69, 9.17) is 0 Å². The average Bonchev–Trinajstić information content (AvgIpc) is 2.83. The van der Waals surface area contributed by atoms with E-state index in [0.717, 1.165) is 14.5 Å². The van der Waals surface area contributed by atoms with Gasteiger partial charge in [0, 0.05) is 14.7 Å². The molecule has 0 aliphatic rings. The molecule has 7 heteroatoms. The Balaban J connectivity index is 2.18. The summed E-state index contributed by atoms with van der Waals surface area (Å²) in [5, 5.41) is 14.7. The number of halogens is 1. The molecule has 2 aromatic rings. The largest absolute Gasteiger partial charge is 0.211 e. The lowest BCUT2D eigenvalue weighted by molar-refractivity contribution is 0.768. The van der Waals surface area contributed by atoms with Crippen LogP contribution in [0.25, 0.3) is 0 Å². The molecule has 2 aromatic heterocycles. The van der Waals surface area contributed by atoms with E-state index in [9.17, 15) is 0 Å². The lowest BCUT2D eigenvalue weighted by Gasteiger charge is -1.93. The molecule has 0 radical (unpaired) electrons. The Hall–Kier alpha value is -0.660. The summed E-state index contributed by atoms with van der Waals surface area (Å²) >= 11 is 6.53. The number of nitrogens with zero attached hydrogens (tertiary/aromatic N) is 4. The van der Waals surface area contributed by atoms with E-state index in [-0.39, 0.29) is 0 Å². The van der Waals surface area contributed by atoms with Crippen LogP contribution in [0.5, 0.6) is 0 Å². The lowest BCUT2D eigenvalue weighted by atomic mass is 10.5. The molecule has 15 heavy (non-hydrogen) atoms. The van der Waals surface area contributed by atoms with Gasteiger partial charge >= 0.3 is 0 Å². The van der Waals surface area contributed by atoms with Crippen molar-refractivity contribution in [1.29, 1.82) is 0 Å². The molecular weight excluding hydrogens is 296 g/mol. The van der Waals surface area contributed by atoms with E-state index in [0.29, 0.717) is 0 Å². The zero-order chi connectivity index (χ0) is 10.7. The van der Waals surface area contributed by atoms with Crippen molar-refractivity contribution in [3.63, 3.8) is 0 Å². The van der Waals surface area contributed by atoms with Gasteiger partial charge in [0.05, 0.1) is 6.21 Å². The first-order valence-corrected chi connectivity index (χ1v) is 6.92. The first-order valence-electron chi connectivity index (χ1n) is 4.02. The summed E-state index contributed by atoms with van der Waals surface area (Å²) in [4.78, 5) is 1.09. The summed E-state index contributed by atoms with van der Waals surface area (Å²) in [7, 11) is 0. The van der Waals surface area contributed by atoms with Crippen molar-refractivity contribution in [3.05, 3.63) is 27.1 Å². The first-order chi connectivity index (χ1) is 7.29. The monoisotopic (exact) mass is 302 g/mol.